The van der Waals surface area contributed by atoms with E-state index in [2.05, 4.69) is 20.5 Å². The molecule has 1 heterocycles. The number of nitrogens with one attached hydrogen (secondary N) is 2. The Hall–Kier alpha value is -1.82. The number of aliphatic imine (C=N–C) groups is 1. The van der Waals surface area contributed by atoms with Crippen LogP contribution in [0.1, 0.15) is 38.2 Å². The lowest BCUT2D eigenvalue weighted by Gasteiger charge is -2.33. The molecular formula is C19H29FN4O. The summed E-state index contributed by atoms with van der Waals surface area (Å²) in [4.78, 5) is 6.90. The molecule has 2 N–H and O–H groups in total. The van der Waals surface area contributed by atoms with Gasteiger partial charge in [0.15, 0.2) is 17.5 Å². The zero-order chi connectivity index (χ0) is 17.6. The van der Waals surface area contributed by atoms with Crippen molar-refractivity contribution < 1.29 is 9.13 Å². The molecule has 25 heavy (non-hydrogen) atoms. The van der Waals surface area contributed by atoms with Crippen molar-refractivity contribution in [2.75, 3.05) is 26.7 Å². The lowest BCUT2D eigenvalue weighted by Crippen LogP contribution is -2.48. The number of benzene rings is 1. The van der Waals surface area contributed by atoms with Crippen LogP contribution in [0, 0.1) is 5.82 Å². The van der Waals surface area contributed by atoms with Gasteiger partial charge in [-0.3, -0.25) is 4.99 Å². The minimum absolute atomic E-state index is 0.302. The largest absolute Gasteiger partial charge is 0.491 e. The molecule has 6 heteroatoms. The summed E-state index contributed by atoms with van der Waals surface area (Å²) in [5.41, 5.74) is 0.868. The molecule has 5 nitrogen and oxygen atoms in total. The maximum atomic E-state index is 13.9. The molecule has 1 aromatic carbocycles. The van der Waals surface area contributed by atoms with Crippen molar-refractivity contribution in [3.8, 4) is 5.75 Å². The number of likely N-dealkylation sites (tertiary alicyclic amines) is 1. The molecule has 2 aliphatic rings. The van der Waals surface area contributed by atoms with E-state index in [1.54, 1.807) is 13.1 Å². The van der Waals surface area contributed by atoms with Crippen molar-refractivity contribution in [3.05, 3.63) is 29.6 Å². The highest BCUT2D eigenvalue weighted by Gasteiger charge is 2.31. The van der Waals surface area contributed by atoms with Gasteiger partial charge in [0.05, 0.1) is 6.61 Å². The number of nitrogens with zero attached hydrogens (tertiary/aromatic N) is 2. The first-order valence-corrected chi connectivity index (χ1v) is 9.32. The molecule has 1 saturated heterocycles. The van der Waals surface area contributed by atoms with Crippen LogP contribution >= 0.6 is 0 Å². The summed E-state index contributed by atoms with van der Waals surface area (Å²) >= 11 is 0. The number of hydrogen-bond donors (Lipinski definition) is 2. The van der Waals surface area contributed by atoms with E-state index in [4.69, 9.17) is 4.74 Å². The number of halogens is 1. The highest BCUT2D eigenvalue weighted by molar-refractivity contribution is 5.79. The minimum Gasteiger partial charge on any atom is -0.491 e. The van der Waals surface area contributed by atoms with Crippen molar-refractivity contribution in [1.29, 1.82) is 0 Å². The molecule has 1 saturated carbocycles. The Labute approximate surface area is 149 Å². The number of ether oxygens (including phenoxy) is 1. The molecule has 0 bridgehead atoms. The quantitative estimate of drug-likeness (QED) is 0.613. The van der Waals surface area contributed by atoms with Gasteiger partial charge in [0, 0.05) is 38.8 Å². The van der Waals surface area contributed by atoms with Gasteiger partial charge >= 0.3 is 0 Å². The van der Waals surface area contributed by atoms with Crippen molar-refractivity contribution in [2.45, 2.75) is 51.2 Å². The molecule has 0 spiro atoms. The van der Waals surface area contributed by atoms with Crippen LogP contribution in [0.15, 0.2) is 23.2 Å². The fourth-order valence-electron chi connectivity index (χ4n) is 3.35. The third kappa shape index (κ3) is 5.08. The Morgan fingerprint density at radius 2 is 2.04 bits per heavy atom. The van der Waals surface area contributed by atoms with E-state index in [9.17, 15) is 4.39 Å². The first-order chi connectivity index (χ1) is 12.2. The van der Waals surface area contributed by atoms with Crippen LogP contribution in [-0.4, -0.2) is 49.7 Å². The average Bonchev–Trinajstić information content (AvgIpc) is 3.46. The van der Waals surface area contributed by atoms with E-state index in [1.807, 2.05) is 13.0 Å². The molecule has 1 aliphatic heterocycles. The summed E-state index contributed by atoms with van der Waals surface area (Å²) in [7, 11) is 1.77. The van der Waals surface area contributed by atoms with E-state index in [1.165, 1.54) is 32.0 Å². The van der Waals surface area contributed by atoms with Gasteiger partial charge in [0.2, 0.25) is 0 Å². The maximum absolute atomic E-state index is 13.9. The van der Waals surface area contributed by atoms with E-state index in [-0.39, 0.29) is 5.82 Å². The topological polar surface area (TPSA) is 48.9 Å². The Bertz CT molecular complexity index is 595. The second-order valence-corrected chi connectivity index (χ2v) is 6.81. The van der Waals surface area contributed by atoms with Crippen molar-refractivity contribution in [3.63, 3.8) is 0 Å². The lowest BCUT2D eigenvalue weighted by molar-refractivity contribution is 0.197. The highest BCUT2D eigenvalue weighted by Crippen LogP contribution is 2.29. The Kier molecular flexibility index (Phi) is 6.13. The maximum Gasteiger partial charge on any atom is 0.191 e. The van der Waals surface area contributed by atoms with Crippen LogP contribution in [0.4, 0.5) is 4.39 Å². The van der Waals surface area contributed by atoms with E-state index < -0.39 is 0 Å². The van der Waals surface area contributed by atoms with Crippen molar-refractivity contribution in [2.24, 2.45) is 4.99 Å². The first-order valence-electron chi connectivity index (χ1n) is 9.32. The first kappa shape index (κ1) is 18.0. The van der Waals surface area contributed by atoms with E-state index in [0.29, 0.717) is 24.9 Å². The van der Waals surface area contributed by atoms with Crippen LogP contribution in [0.3, 0.4) is 0 Å². The van der Waals surface area contributed by atoms with Gasteiger partial charge in [-0.15, -0.1) is 0 Å². The number of rotatable bonds is 6. The van der Waals surface area contributed by atoms with Crippen LogP contribution in [-0.2, 0) is 6.54 Å². The van der Waals surface area contributed by atoms with Crippen LogP contribution in [0.2, 0.25) is 0 Å². The van der Waals surface area contributed by atoms with Gasteiger partial charge < -0.3 is 20.3 Å². The van der Waals surface area contributed by atoms with Crippen LogP contribution < -0.4 is 15.4 Å². The van der Waals surface area contributed by atoms with Gasteiger partial charge in [-0.2, -0.15) is 0 Å². The predicted molar refractivity (Wildman–Crippen MR) is 98.5 cm³/mol. The standard InChI is InChI=1S/C19H29FN4O/c1-3-25-18-7-4-14(12-17(18)20)13-22-19(21-2)23-15-8-10-24(11-9-15)16-5-6-16/h4,7,12,15-16H,3,5-6,8-11,13H2,1-2H3,(H2,21,22,23). The number of piperidine rings is 1. The summed E-state index contributed by atoms with van der Waals surface area (Å²) in [6.45, 7) is 5.18. The van der Waals surface area contributed by atoms with Crippen LogP contribution in [0.5, 0.6) is 5.75 Å². The SMILES string of the molecule is CCOc1ccc(CNC(=NC)NC2CCN(C3CC3)CC2)cc1F. The van der Waals surface area contributed by atoms with E-state index in [0.717, 1.165) is 30.4 Å². The fourth-order valence-corrected chi connectivity index (χ4v) is 3.35. The minimum atomic E-state index is -0.323. The third-order valence-electron chi connectivity index (χ3n) is 4.91. The molecule has 138 valence electrons. The molecule has 1 aromatic rings. The number of hydrogen-bond acceptors (Lipinski definition) is 3. The zero-order valence-corrected chi connectivity index (χ0v) is 15.2. The molecule has 0 amide bonds. The Morgan fingerprint density at radius 3 is 2.64 bits per heavy atom. The van der Waals surface area contributed by atoms with Gasteiger partial charge in [0.1, 0.15) is 0 Å². The normalized spacial score (nSPS) is 19.7. The Balaban J connectivity index is 1.45. The third-order valence-corrected chi connectivity index (χ3v) is 4.91. The second-order valence-electron chi connectivity index (χ2n) is 6.81. The fraction of sp³-hybridized carbons (Fsp3) is 0.632. The molecule has 0 radical (unpaired) electrons. The zero-order valence-electron chi connectivity index (χ0n) is 15.2. The van der Waals surface area contributed by atoms with Gasteiger partial charge in [-0.05, 0) is 50.3 Å². The summed E-state index contributed by atoms with van der Waals surface area (Å²) in [6, 6.07) is 6.38. The number of guanidine groups is 1. The predicted octanol–water partition coefficient (Wildman–Crippen LogP) is 2.52. The van der Waals surface area contributed by atoms with Crippen molar-refractivity contribution >= 4 is 5.96 Å². The molecule has 0 aromatic heterocycles. The smallest absolute Gasteiger partial charge is 0.191 e. The molecular weight excluding hydrogens is 319 g/mol. The Morgan fingerprint density at radius 1 is 1.28 bits per heavy atom. The van der Waals surface area contributed by atoms with Crippen molar-refractivity contribution in [1.82, 2.24) is 15.5 Å². The van der Waals surface area contributed by atoms with Gasteiger partial charge in [0.25, 0.3) is 0 Å². The average molecular weight is 348 g/mol. The summed E-state index contributed by atoms with van der Waals surface area (Å²) in [6.07, 6.45) is 5.05. The highest BCUT2D eigenvalue weighted by atomic mass is 19.1. The molecule has 3 rings (SSSR count). The summed E-state index contributed by atoms with van der Waals surface area (Å²) in [5, 5.41) is 6.77. The summed E-state index contributed by atoms with van der Waals surface area (Å²) < 4.78 is 19.2. The molecule has 1 aliphatic carbocycles. The lowest BCUT2D eigenvalue weighted by atomic mass is 10.1. The second kappa shape index (κ2) is 8.52. The molecule has 2 fully saturated rings. The molecule has 0 unspecified atom stereocenters. The van der Waals surface area contributed by atoms with Gasteiger partial charge in [-0.25, -0.2) is 4.39 Å². The van der Waals surface area contributed by atoms with Crippen LogP contribution in [0.25, 0.3) is 0 Å². The van der Waals surface area contributed by atoms with Gasteiger partial charge in [-0.1, -0.05) is 6.07 Å². The van der Waals surface area contributed by atoms with E-state index >= 15 is 0 Å². The molecule has 0 atom stereocenters. The summed E-state index contributed by atoms with van der Waals surface area (Å²) in [5.74, 6) is 0.756. The monoisotopic (exact) mass is 348 g/mol.